The number of anilines is 1. The molecule has 0 saturated heterocycles. The van der Waals surface area contributed by atoms with Crippen molar-refractivity contribution >= 4 is 21.6 Å². The first-order valence-corrected chi connectivity index (χ1v) is 10.5. The number of hydrogen-bond acceptors (Lipinski definition) is 5. The lowest BCUT2D eigenvalue weighted by Crippen LogP contribution is -2.23. The first-order valence-electron chi connectivity index (χ1n) is 9.01. The summed E-state index contributed by atoms with van der Waals surface area (Å²) < 4.78 is 32.1. The van der Waals surface area contributed by atoms with Crippen molar-refractivity contribution in [2.45, 2.75) is 18.4 Å². The van der Waals surface area contributed by atoms with Gasteiger partial charge in [-0.1, -0.05) is 19.1 Å². The van der Waals surface area contributed by atoms with Gasteiger partial charge in [0.1, 0.15) is 12.4 Å². The summed E-state index contributed by atoms with van der Waals surface area (Å²) in [7, 11) is -3.55. The summed E-state index contributed by atoms with van der Waals surface area (Å²) in [5, 5.41) is 2.78. The maximum atomic E-state index is 12.5. The fourth-order valence-electron chi connectivity index (χ4n) is 2.58. The summed E-state index contributed by atoms with van der Waals surface area (Å²) in [6.07, 6.45) is 3.42. The molecule has 0 aliphatic heterocycles. The van der Waals surface area contributed by atoms with Crippen LogP contribution in [-0.4, -0.2) is 25.9 Å². The third-order valence-electron chi connectivity index (χ3n) is 3.98. The van der Waals surface area contributed by atoms with E-state index in [-0.39, 0.29) is 10.8 Å². The molecule has 2 aromatic carbocycles. The summed E-state index contributed by atoms with van der Waals surface area (Å²) in [4.78, 5) is 16.6. The second-order valence-corrected chi connectivity index (χ2v) is 7.92. The van der Waals surface area contributed by atoms with Gasteiger partial charge in [-0.2, -0.15) is 0 Å². The molecule has 1 amide bonds. The molecule has 0 radical (unpaired) electrons. The lowest BCUT2D eigenvalue weighted by molar-refractivity contribution is 0.102. The Balaban J connectivity index is 1.64. The fourth-order valence-corrected chi connectivity index (χ4v) is 3.62. The van der Waals surface area contributed by atoms with Gasteiger partial charge in [0.2, 0.25) is 10.0 Å². The van der Waals surface area contributed by atoms with Crippen LogP contribution in [0.15, 0.2) is 78.0 Å². The Morgan fingerprint density at radius 2 is 1.86 bits per heavy atom. The Bertz CT molecular complexity index is 1070. The average Bonchev–Trinajstić information content (AvgIpc) is 2.73. The van der Waals surface area contributed by atoms with Crippen LogP contribution < -0.4 is 14.8 Å². The number of benzene rings is 2. The number of sulfonamides is 1. The number of rotatable bonds is 8. The third kappa shape index (κ3) is 5.63. The van der Waals surface area contributed by atoms with Crippen molar-refractivity contribution in [2.24, 2.45) is 0 Å². The van der Waals surface area contributed by atoms with E-state index in [1.807, 2.05) is 12.1 Å². The van der Waals surface area contributed by atoms with E-state index < -0.39 is 10.0 Å². The first-order chi connectivity index (χ1) is 14.0. The minimum Gasteiger partial charge on any atom is -0.489 e. The molecule has 0 fully saturated rings. The van der Waals surface area contributed by atoms with Crippen LogP contribution in [0, 0.1) is 0 Å². The minimum atomic E-state index is -3.55. The molecule has 0 atom stereocenters. The number of nitrogens with zero attached hydrogens (tertiary/aromatic N) is 1. The van der Waals surface area contributed by atoms with Crippen LogP contribution in [-0.2, 0) is 16.6 Å². The molecule has 29 heavy (non-hydrogen) atoms. The number of hydrogen-bond donors (Lipinski definition) is 2. The molecule has 2 N–H and O–H groups in total. The van der Waals surface area contributed by atoms with Gasteiger partial charge in [0.25, 0.3) is 5.91 Å². The summed E-state index contributed by atoms with van der Waals surface area (Å²) in [5.41, 5.74) is 1.86. The van der Waals surface area contributed by atoms with Crippen LogP contribution in [0.3, 0.4) is 0 Å². The summed E-state index contributed by atoms with van der Waals surface area (Å²) in [6.45, 7) is 2.37. The van der Waals surface area contributed by atoms with E-state index in [2.05, 4.69) is 15.0 Å². The number of pyridine rings is 1. The highest BCUT2D eigenvalue weighted by Gasteiger charge is 2.14. The van der Waals surface area contributed by atoms with Gasteiger partial charge in [0.15, 0.2) is 0 Å². The van der Waals surface area contributed by atoms with E-state index in [9.17, 15) is 13.2 Å². The van der Waals surface area contributed by atoms with Crippen LogP contribution in [0.1, 0.15) is 22.8 Å². The Labute approximate surface area is 169 Å². The van der Waals surface area contributed by atoms with Crippen molar-refractivity contribution < 1.29 is 17.9 Å². The zero-order valence-electron chi connectivity index (χ0n) is 15.8. The van der Waals surface area contributed by atoms with Crippen molar-refractivity contribution in [3.05, 3.63) is 84.2 Å². The smallest absolute Gasteiger partial charge is 0.255 e. The van der Waals surface area contributed by atoms with Crippen LogP contribution in [0.4, 0.5) is 5.69 Å². The summed E-state index contributed by atoms with van der Waals surface area (Å²) >= 11 is 0. The van der Waals surface area contributed by atoms with Crippen molar-refractivity contribution in [1.82, 2.24) is 9.71 Å². The topological polar surface area (TPSA) is 97.4 Å². The molecule has 0 aliphatic carbocycles. The Hall–Kier alpha value is -3.23. The molecule has 1 aromatic heterocycles. The molecule has 0 saturated carbocycles. The first kappa shape index (κ1) is 20.5. The molecular formula is C21H21N3O4S. The highest BCUT2D eigenvalue weighted by Crippen LogP contribution is 2.20. The van der Waals surface area contributed by atoms with Gasteiger partial charge in [-0.25, -0.2) is 13.1 Å². The Morgan fingerprint density at radius 3 is 2.55 bits per heavy atom. The van der Waals surface area contributed by atoms with Gasteiger partial charge in [-0.3, -0.25) is 9.78 Å². The largest absolute Gasteiger partial charge is 0.489 e. The van der Waals surface area contributed by atoms with Gasteiger partial charge in [-0.15, -0.1) is 0 Å². The van der Waals surface area contributed by atoms with Crippen molar-refractivity contribution in [1.29, 1.82) is 0 Å². The molecule has 3 aromatic rings. The van der Waals surface area contributed by atoms with Crippen LogP contribution >= 0.6 is 0 Å². The van der Waals surface area contributed by atoms with E-state index >= 15 is 0 Å². The van der Waals surface area contributed by atoms with Gasteiger partial charge < -0.3 is 10.1 Å². The molecule has 0 aliphatic rings. The maximum Gasteiger partial charge on any atom is 0.255 e. The van der Waals surface area contributed by atoms with E-state index in [1.54, 1.807) is 43.6 Å². The van der Waals surface area contributed by atoms with Gasteiger partial charge in [-0.05, 0) is 42.5 Å². The van der Waals surface area contributed by atoms with Crippen molar-refractivity contribution in [3.63, 3.8) is 0 Å². The highest BCUT2D eigenvalue weighted by atomic mass is 32.2. The summed E-state index contributed by atoms with van der Waals surface area (Å²) in [5.74, 6) is 0.264. The zero-order chi connectivity index (χ0) is 20.7. The van der Waals surface area contributed by atoms with Crippen LogP contribution in [0.25, 0.3) is 0 Å². The number of amides is 1. The highest BCUT2D eigenvalue weighted by molar-refractivity contribution is 7.89. The normalized spacial score (nSPS) is 11.1. The standard InChI is InChI=1S/C21H21N3O4S/c1-2-23-29(26,27)20-10-8-17(9-11-20)21(25)24-18-6-3-7-19(13-18)28-15-16-5-4-12-22-14-16/h3-14,23H,2,15H2,1H3,(H,24,25). The van der Waals surface area contributed by atoms with E-state index in [1.165, 1.54) is 24.3 Å². The molecular weight excluding hydrogens is 390 g/mol. The van der Waals surface area contributed by atoms with E-state index in [0.29, 0.717) is 30.2 Å². The van der Waals surface area contributed by atoms with Crippen LogP contribution in [0.5, 0.6) is 5.75 Å². The molecule has 1 heterocycles. The fraction of sp³-hybridized carbons (Fsp3) is 0.143. The zero-order valence-corrected chi connectivity index (χ0v) is 16.6. The molecule has 150 valence electrons. The van der Waals surface area contributed by atoms with Gasteiger partial charge in [0, 0.05) is 41.8 Å². The number of aromatic nitrogens is 1. The monoisotopic (exact) mass is 411 g/mol. The lowest BCUT2D eigenvalue weighted by atomic mass is 10.2. The number of carbonyl (C=O) groups excluding carboxylic acids is 1. The second-order valence-electron chi connectivity index (χ2n) is 6.16. The number of carbonyl (C=O) groups is 1. The third-order valence-corrected chi connectivity index (χ3v) is 5.54. The average molecular weight is 411 g/mol. The predicted octanol–water partition coefficient (Wildman–Crippen LogP) is 3.21. The number of nitrogens with one attached hydrogen (secondary N) is 2. The molecule has 0 unspecified atom stereocenters. The molecule has 7 nitrogen and oxygen atoms in total. The quantitative estimate of drug-likeness (QED) is 0.593. The SMILES string of the molecule is CCNS(=O)(=O)c1ccc(C(=O)Nc2cccc(OCc3cccnc3)c2)cc1. The second kappa shape index (κ2) is 9.31. The van der Waals surface area contributed by atoms with Gasteiger partial charge >= 0.3 is 0 Å². The van der Waals surface area contributed by atoms with E-state index in [0.717, 1.165) is 5.56 Å². The van der Waals surface area contributed by atoms with E-state index in [4.69, 9.17) is 4.74 Å². The Morgan fingerprint density at radius 1 is 1.07 bits per heavy atom. The molecule has 0 bridgehead atoms. The van der Waals surface area contributed by atoms with Crippen molar-refractivity contribution in [2.75, 3.05) is 11.9 Å². The molecule has 3 rings (SSSR count). The maximum absolute atomic E-state index is 12.5. The van der Waals surface area contributed by atoms with Crippen molar-refractivity contribution in [3.8, 4) is 5.75 Å². The Kier molecular flexibility index (Phi) is 6.58. The predicted molar refractivity (Wildman–Crippen MR) is 110 cm³/mol. The summed E-state index contributed by atoms with van der Waals surface area (Å²) in [6, 6.07) is 16.6. The van der Waals surface area contributed by atoms with Crippen LogP contribution in [0.2, 0.25) is 0 Å². The van der Waals surface area contributed by atoms with Gasteiger partial charge in [0.05, 0.1) is 4.90 Å². The lowest BCUT2D eigenvalue weighted by Gasteiger charge is -2.10. The number of ether oxygens (including phenoxy) is 1. The molecule has 0 spiro atoms. The molecule has 8 heteroatoms. The minimum absolute atomic E-state index is 0.113.